The topological polar surface area (TPSA) is 0 Å². The molecule has 0 aliphatic rings. The molecule has 0 bridgehead atoms. The monoisotopic (exact) mass is 796 g/mol. The summed E-state index contributed by atoms with van der Waals surface area (Å²) in [5, 5.41) is 5.37. The van der Waals surface area contributed by atoms with E-state index in [1.165, 1.54) is 95.0 Å². The summed E-state index contributed by atoms with van der Waals surface area (Å²) < 4.78 is 0. The van der Waals surface area contributed by atoms with Crippen molar-refractivity contribution in [1.82, 2.24) is 0 Å². The van der Waals surface area contributed by atoms with Gasteiger partial charge in [0.15, 0.2) is 0 Å². The van der Waals surface area contributed by atoms with Crippen LogP contribution in [-0.2, 0) is 23.3 Å². The zero-order chi connectivity index (χ0) is 32.6. The van der Waals surface area contributed by atoms with Gasteiger partial charge in [0.1, 0.15) is 0 Å². The fourth-order valence-electron chi connectivity index (χ4n) is 6.62. The summed E-state index contributed by atoms with van der Waals surface area (Å²) >= 11 is 1.36. The number of aryl methyl sites for hydroxylation is 2. The molecule has 0 aliphatic carbocycles. The van der Waals surface area contributed by atoms with Crippen LogP contribution >= 0.6 is 24.8 Å². The largest absolute Gasteiger partial charge is 0.163 e. The summed E-state index contributed by atoms with van der Waals surface area (Å²) in [5.74, 6) is 0.235. The minimum absolute atomic E-state index is 0. The van der Waals surface area contributed by atoms with Crippen molar-refractivity contribution in [3.8, 4) is 22.3 Å². The van der Waals surface area contributed by atoms with E-state index >= 15 is 0 Å². The van der Waals surface area contributed by atoms with Crippen LogP contribution < -0.4 is 0 Å². The molecule has 0 heterocycles. The van der Waals surface area contributed by atoms with Crippen LogP contribution in [0, 0.1) is 28.7 Å². The van der Waals surface area contributed by atoms with Crippen molar-refractivity contribution >= 4 is 53.2 Å². The number of benzene rings is 6. The number of fused-ring (bicyclic) bond motifs is 2. The smallest absolute Gasteiger partial charge is 0.0164 e. The fraction of sp³-hybridized carbons (Fsp3) is 0.0638. The van der Waals surface area contributed by atoms with Crippen molar-refractivity contribution in [3.63, 3.8) is 0 Å². The first-order valence-electron chi connectivity index (χ1n) is 16.0. The van der Waals surface area contributed by atoms with Crippen LogP contribution in [0.2, 0.25) is 0 Å². The van der Waals surface area contributed by atoms with Gasteiger partial charge >= 0.3 is 30.2 Å². The second kappa shape index (κ2) is 20.9. The summed E-state index contributed by atoms with van der Waals surface area (Å²) in [6.45, 7) is 7.40. The molecule has 8 aromatic rings. The molecule has 0 spiro atoms. The first kappa shape index (κ1) is 43.4. The van der Waals surface area contributed by atoms with Crippen molar-refractivity contribution in [2.45, 2.75) is 19.8 Å². The Morgan fingerprint density at radius 1 is 0.490 bits per heavy atom. The average molecular weight is 799 g/mol. The number of rotatable bonds is 5. The molecule has 0 nitrogen and oxygen atoms in total. The summed E-state index contributed by atoms with van der Waals surface area (Å²) in [5.41, 5.74) is 11.9. The van der Waals surface area contributed by atoms with E-state index in [1.54, 1.807) is 0 Å². The second-order valence-electron chi connectivity index (χ2n) is 11.9. The van der Waals surface area contributed by atoms with Gasteiger partial charge in [-0.1, -0.05) is 158 Å². The van der Waals surface area contributed by atoms with Gasteiger partial charge in [-0.15, -0.1) is 93.4 Å². The minimum atomic E-state index is 0. The van der Waals surface area contributed by atoms with Crippen molar-refractivity contribution in [1.29, 1.82) is 0 Å². The zero-order valence-electron chi connectivity index (χ0n) is 29.6. The van der Waals surface area contributed by atoms with E-state index in [-0.39, 0.29) is 45.6 Å². The molecule has 8 aromatic carbocycles. The molecule has 0 aromatic heterocycles. The molecule has 0 aliphatic heterocycles. The Bertz CT molecular complexity index is 2150. The van der Waals surface area contributed by atoms with Gasteiger partial charge in [0.2, 0.25) is 0 Å². The molecular weight excluding hydrogens is 755 g/mol. The van der Waals surface area contributed by atoms with Crippen LogP contribution in [-0.4, -0.2) is 6.88 Å². The summed E-state index contributed by atoms with van der Waals surface area (Å²) in [6.07, 6.45) is 0. The summed E-state index contributed by atoms with van der Waals surface area (Å²) in [6, 6.07) is 63.2. The van der Waals surface area contributed by atoms with Gasteiger partial charge in [-0.3, -0.25) is 0 Å². The Labute approximate surface area is 334 Å². The first-order chi connectivity index (χ1) is 23.2. The third-order valence-electron chi connectivity index (χ3n) is 8.79. The van der Waals surface area contributed by atoms with Crippen molar-refractivity contribution < 1.29 is 23.3 Å². The van der Waals surface area contributed by atoms with Gasteiger partial charge in [0.25, 0.3) is 0 Å². The maximum absolute atomic E-state index is 3.06. The summed E-state index contributed by atoms with van der Waals surface area (Å²) in [7, 11) is 0. The molecular formula is C47H44Cl2SiZr-4. The van der Waals surface area contributed by atoms with Gasteiger partial charge < -0.3 is 14.9 Å². The second-order valence-corrected chi connectivity index (χ2v) is 11.9. The van der Waals surface area contributed by atoms with Crippen molar-refractivity contribution in [3.05, 3.63) is 219 Å². The molecule has 0 unspecified atom stereocenters. The Morgan fingerprint density at radius 3 is 1.47 bits per heavy atom. The third-order valence-corrected chi connectivity index (χ3v) is 8.79. The average Bonchev–Trinajstić information content (AvgIpc) is 3.75. The van der Waals surface area contributed by atoms with Crippen LogP contribution in [0.15, 0.2) is 176 Å². The molecule has 51 heavy (non-hydrogen) atoms. The van der Waals surface area contributed by atoms with Gasteiger partial charge in [-0.2, -0.15) is 12.1 Å². The van der Waals surface area contributed by atoms with E-state index in [1.807, 2.05) is 0 Å². The van der Waals surface area contributed by atoms with Crippen LogP contribution in [0.3, 0.4) is 0 Å². The zero-order valence-corrected chi connectivity index (χ0v) is 34.7. The van der Waals surface area contributed by atoms with Crippen molar-refractivity contribution in [2.75, 3.05) is 0 Å². The van der Waals surface area contributed by atoms with E-state index in [4.69, 9.17) is 0 Å². The molecule has 0 N–H and O–H groups in total. The van der Waals surface area contributed by atoms with Gasteiger partial charge in [-0.05, 0) is 22.3 Å². The molecule has 0 amide bonds. The predicted molar refractivity (Wildman–Crippen MR) is 226 cm³/mol. The fourth-order valence-corrected chi connectivity index (χ4v) is 6.62. The molecule has 0 saturated carbocycles. The molecule has 0 fully saturated rings. The van der Waals surface area contributed by atoms with Gasteiger partial charge in [0.05, 0.1) is 0 Å². The normalized spacial score (nSPS) is 9.84. The molecule has 0 saturated heterocycles. The third kappa shape index (κ3) is 9.97. The van der Waals surface area contributed by atoms with E-state index < -0.39 is 0 Å². The molecule has 8 rings (SSSR count). The Morgan fingerprint density at radius 2 is 0.961 bits per heavy atom. The number of hydrogen-bond donors (Lipinski definition) is 0. The molecule has 2 radical (unpaired) electrons. The maximum Gasteiger partial charge on any atom is 0.0164 e. The SMILES string of the molecule is Cc1cc2c(-c3ccccc3)ccc(C)c2[cH-]1.Cl.Cl.[CH3-].[CH3-].[Si]=[Zr].c1ccc(-c2cccc3[cH-]c(C(c4ccccc4)c4ccccc4)cc23)cc1. The predicted octanol–water partition coefficient (Wildman–Crippen LogP) is 13.6. The van der Waals surface area contributed by atoms with Crippen LogP contribution in [0.5, 0.6) is 0 Å². The first-order valence-corrected chi connectivity index (χ1v) is 20.2. The van der Waals surface area contributed by atoms with E-state index in [0.29, 0.717) is 0 Å². The number of halogens is 2. The Hall–Kier alpha value is -3.78. The van der Waals surface area contributed by atoms with E-state index in [2.05, 4.69) is 197 Å². The molecule has 0 atom stereocenters. The van der Waals surface area contributed by atoms with E-state index in [9.17, 15) is 0 Å². The minimum Gasteiger partial charge on any atom is -0.163 e. The van der Waals surface area contributed by atoms with E-state index in [0.717, 1.165) is 0 Å². The van der Waals surface area contributed by atoms with Gasteiger partial charge in [-0.25, -0.2) is 0 Å². The van der Waals surface area contributed by atoms with Crippen molar-refractivity contribution in [2.24, 2.45) is 0 Å². The Kier molecular flexibility index (Phi) is 17.8. The maximum atomic E-state index is 3.06. The van der Waals surface area contributed by atoms with Gasteiger partial charge in [0, 0.05) is 5.92 Å². The summed E-state index contributed by atoms with van der Waals surface area (Å²) in [4.78, 5) is 0. The number of hydrogen-bond acceptors (Lipinski definition) is 0. The van der Waals surface area contributed by atoms with Crippen LogP contribution in [0.4, 0.5) is 0 Å². The molecule has 4 heteroatoms. The van der Waals surface area contributed by atoms with Crippen LogP contribution in [0.25, 0.3) is 43.8 Å². The molecule has 258 valence electrons. The quantitative estimate of drug-likeness (QED) is 0.120. The Balaban J connectivity index is 0.000000342. The van der Waals surface area contributed by atoms with Crippen LogP contribution in [0.1, 0.15) is 33.7 Å². The standard InChI is InChI=1S/C28H21.C17H15.2CH3.2ClH.Si.Zr/c1-4-11-21(12-5-1)26-18-10-17-24-19-25(20-27(24)26)28(22-13-6-2-7-14-22)23-15-8-3-9-16-23;1-12-10-16-13(2)8-9-15(17(16)11-12)14-6-4-3-5-7-14;;;;;;/h1-20,28H;3-11H,1-2H3;2*1H3;2*1H;;/q4*-1;;;;.